The second-order valence-electron chi connectivity index (χ2n) is 9.45. The number of carbonyl (C=O) groups excluding carboxylic acids is 2. The minimum atomic E-state index is -0.178. The molecule has 1 saturated heterocycles. The molecule has 186 valence electrons. The van der Waals surface area contributed by atoms with Crippen LogP contribution in [0.5, 0.6) is 5.75 Å². The van der Waals surface area contributed by atoms with Crippen LogP contribution >= 0.6 is 0 Å². The van der Waals surface area contributed by atoms with Gasteiger partial charge in [0.25, 0.3) is 0 Å². The molecule has 2 amide bonds. The Morgan fingerprint density at radius 1 is 1.17 bits per heavy atom. The molecule has 36 heavy (non-hydrogen) atoms. The molecule has 0 unspecified atom stereocenters. The van der Waals surface area contributed by atoms with Crippen molar-refractivity contribution in [3.05, 3.63) is 49.1 Å². The van der Waals surface area contributed by atoms with E-state index in [4.69, 9.17) is 4.74 Å². The summed E-state index contributed by atoms with van der Waals surface area (Å²) in [5.74, 6) is 0.574. The lowest BCUT2D eigenvalue weighted by Crippen LogP contribution is -2.42. The summed E-state index contributed by atoms with van der Waals surface area (Å²) in [7, 11) is 1.58. The summed E-state index contributed by atoms with van der Waals surface area (Å²) in [4.78, 5) is 26.6. The SMILES string of the molecule is C=CC(=O)N[C@@H]1CC[C@@H](C(=O)N2CCC(n3cc(-c4cc(OC)c5c(C#N)cnn5c4)cn3)CC2)C1. The number of hydrogen-bond acceptors (Lipinski definition) is 6. The number of ether oxygens (including phenoxy) is 1. The molecule has 1 N–H and O–H groups in total. The van der Waals surface area contributed by atoms with Crippen molar-refractivity contribution in [2.45, 2.75) is 44.2 Å². The highest BCUT2D eigenvalue weighted by Gasteiger charge is 2.34. The van der Waals surface area contributed by atoms with E-state index >= 15 is 0 Å². The monoisotopic (exact) mass is 487 g/mol. The second kappa shape index (κ2) is 9.85. The number of nitriles is 1. The Hall–Kier alpha value is -4.13. The van der Waals surface area contributed by atoms with Crippen LogP contribution in [-0.2, 0) is 9.59 Å². The Bertz CT molecular complexity index is 1340. The van der Waals surface area contributed by atoms with Crippen molar-refractivity contribution in [3.8, 4) is 22.9 Å². The van der Waals surface area contributed by atoms with Crippen molar-refractivity contribution in [1.82, 2.24) is 29.6 Å². The van der Waals surface area contributed by atoms with Crippen molar-refractivity contribution in [2.24, 2.45) is 5.92 Å². The zero-order valence-corrected chi connectivity index (χ0v) is 20.3. The highest BCUT2D eigenvalue weighted by atomic mass is 16.5. The molecule has 0 spiro atoms. The Balaban J connectivity index is 1.22. The summed E-state index contributed by atoms with van der Waals surface area (Å²) in [6.07, 6.45) is 12.5. The molecule has 4 heterocycles. The van der Waals surface area contributed by atoms with Crippen LogP contribution in [0.15, 0.2) is 43.5 Å². The number of aromatic nitrogens is 4. The van der Waals surface area contributed by atoms with Gasteiger partial charge in [-0.1, -0.05) is 6.58 Å². The first kappa shape index (κ1) is 23.6. The number of piperidine rings is 1. The van der Waals surface area contributed by atoms with Crippen molar-refractivity contribution in [1.29, 1.82) is 5.26 Å². The molecule has 1 saturated carbocycles. The number of likely N-dealkylation sites (tertiary alicyclic amines) is 1. The summed E-state index contributed by atoms with van der Waals surface area (Å²) in [6.45, 7) is 4.89. The zero-order chi connectivity index (χ0) is 25.2. The maximum atomic E-state index is 13.1. The molecule has 0 radical (unpaired) electrons. The van der Waals surface area contributed by atoms with Crippen LogP contribution in [0.4, 0.5) is 0 Å². The van der Waals surface area contributed by atoms with Crippen molar-refractivity contribution in [2.75, 3.05) is 20.2 Å². The third-order valence-electron chi connectivity index (χ3n) is 7.32. The lowest BCUT2D eigenvalue weighted by molar-refractivity contribution is -0.136. The van der Waals surface area contributed by atoms with Gasteiger partial charge in [-0.3, -0.25) is 14.3 Å². The van der Waals surface area contributed by atoms with E-state index in [1.54, 1.807) is 11.6 Å². The smallest absolute Gasteiger partial charge is 0.243 e. The summed E-state index contributed by atoms with van der Waals surface area (Å²) >= 11 is 0. The maximum Gasteiger partial charge on any atom is 0.243 e. The second-order valence-corrected chi connectivity index (χ2v) is 9.45. The first-order chi connectivity index (χ1) is 17.5. The standard InChI is InChI=1S/C26H29N7O3/c1-3-24(34)30-21-5-4-17(10-21)26(35)31-8-6-22(7-9-31)32-16-20(14-28-32)18-11-23(36-2)25-19(12-27)13-29-33(25)15-18/h3,11,13-17,21-22H,1,4-10H2,2H3,(H,30,34)/t17-,21-/m1/s1. The van der Waals surface area contributed by atoms with Gasteiger partial charge in [-0.25, -0.2) is 4.52 Å². The zero-order valence-electron chi connectivity index (χ0n) is 20.3. The molecule has 2 aliphatic rings. The molecular weight excluding hydrogens is 458 g/mol. The van der Waals surface area contributed by atoms with Crippen LogP contribution in [-0.4, -0.2) is 62.3 Å². The van der Waals surface area contributed by atoms with E-state index < -0.39 is 0 Å². The fourth-order valence-corrected chi connectivity index (χ4v) is 5.37. The molecule has 0 bridgehead atoms. The van der Waals surface area contributed by atoms with Gasteiger partial charge in [0, 0.05) is 48.6 Å². The molecule has 0 aromatic carbocycles. The Labute approximate surface area is 209 Å². The normalized spacial score (nSPS) is 20.3. The van der Waals surface area contributed by atoms with E-state index in [1.807, 2.05) is 34.2 Å². The Morgan fingerprint density at radius 2 is 1.97 bits per heavy atom. The van der Waals surface area contributed by atoms with Crippen LogP contribution in [0.2, 0.25) is 0 Å². The van der Waals surface area contributed by atoms with Crippen LogP contribution in [0.3, 0.4) is 0 Å². The number of fused-ring (bicyclic) bond motifs is 1. The fraction of sp³-hybridized carbons (Fsp3) is 0.423. The molecule has 10 nitrogen and oxygen atoms in total. The van der Waals surface area contributed by atoms with Gasteiger partial charge >= 0.3 is 0 Å². The van der Waals surface area contributed by atoms with Gasteiger partial charge < -0.3 is 15.0 Å². The summed E-state index contributed by atoms with van der Waals surface area (Å²) in [5, 5.41) is 21.1. The molecule has 1 aliphatic heterocycles. The topological polar surface area (TPSA) is 118 Å². The lowest BCUT2D eigenvalue weighted by atomic mass is 10.0. The van der Waals surface area contributed by atoms with E-state index in [0.29, 0.717) is 36.3 Å². The minimum absolute atomic E-state index is 0.0262. The predicted molar refractivity (Wildman–Crippen MR) is 132 cm³/mol. The van der Waals surface area contributed by atoms with Gasteiger partial charge in [0.05, 0.1) is 25.5 Å². The first-order valence-electron chi connectivity index (χ1n) is 12.2. The molecule has 3 aromatic rings. The Kier molecular flexibility index (Phi) is 6.46. The van der Waals surface area contributed by atoms with Gasteiger partial charge in [0.1, 0.15) is 22.9 Å². The molecule has 5 rings (SSSR count). The summed E-state index contributed by atoms with van der Waals surface area (Å²) in [6, 6.07) is 4.31. The molecule has 3 aromatic heterocycles. The highest BCUT2D eigenvalue weighted by molar-refractivity contribution is 5.87. The third-order valence-corrected chi connectivity index (χ3v) is 7.32. The number of nitrogens with zero attached hydrogens (tertiary/aromatic N) is 6. The number of amides is 2. The predicted octanol–water partition coefficient (Wildman–Crippen LogP) is 2.71. The average molecular weight is 488 g/mol. The van der Waals surface area contributed by atoms with Gasteiger partial charge in [-0.05, 0) is 44.2 Å². The fourth-order valence-electron chi connectivity index (χ4n) is 5.37. The van der Waals surface area contributed by atoms with Gasteiger partial charge in [0.15, 0.2) is 0 Å². The minimum Gasteiger partial charge on any atom is -0.494 e. The summed E-state index contributed by atoms with van der Waals surface area (Å²) in [5.41, 5.74) is 2.93. The van der Waals surface area contributed by atoms with Crippen LogP contribution < -0.4 is 10.1 Å². The van der Waals surface area contributed by atoms with Crippen molar-refractivity contribution >= 4 is 17.3 Å². The summed E-state index contributed by atoms with van der Waals surface area (Å²) < 4.78 is 9.16. The van der Waals surface area contributed by atoms with E-state index in [2.05, 4.69) is 28.2 Å². The number of hydrogen-bond donors (Lipinski definition) is 1. The largest absolute Gasteiger partial charge is 0.494 e. The molecular formula is C26H29N7O3. The number of pyridine rings is 1. The van der Waals surface area contributed by atoms with Crippen LogP contribution in [0.25, 0.3) is 16.6 Å². The molecule has 2 atom stereocenters. The Morgan fingerprint density at radius 3 is 2.69 bits per heavy atom. The van der Waals surface area contributed by atoms with Gasteiger partial charge in [0.2, 0.25) is 11.8 Å². The van der Waals surface area contributed by atoms with E-state index in [0.717, 1.165) is 36.8 Å². The number of methoxy groups -OCH3 is 1. The van der Waals surface area contributed by atoms with Crippen molar-refractivity contribution in [3.63, 3.8) is 0 Å². The molecule has 2 fully saturated rings. The first-order valence-corrected chi connectivity index (χ1v) is 12.2. The number of rotatable bonds is 6. The van der Waals surface area contributed by atoms with Gasteiger partial charge in [-0.15, -0.1) is 0 Å². The molecule has 1 aliphatic carbocycles. The third kappa shape index (κ3) is 4.44. The van der Waals surface area contributed by atoms with Crippen molar-refractivity contribution < 1.29 is 14.3 Å². The lowest BCUT2D eigenvalue weighted by Gasteiger charge is -2.33. The van der Waals surface area contributed by atoms with Gasteiger partial charge in [-0.2, -0.15) is 15.5 Å². The van der Waals surface area contributed by atoms with Crippen LogP contribution in [0.1, 0.15) is 43.7 Å². The quantitative estimate of drug-likeness (QED) is 0.534. The van der Waals surface area contributed by atoms with E-state index in [-0.39, 0.29) is 29.8 Å². The van der Waals surface area contributed by atoms with E-state index in [1.165, 1.54) is 12.3 Å². The van der Waals surface area contributed by atoms with E-state index in [9.17, 15) is 14.9 Å². The van der Waals surface area contributed by atoms with Crippen LogP contribution in [0, 0.1) is 17.2 Å². The highest BCUT2D eigenvalue weighted by Crippen LogP contribution is 2.32. The maximum absolute atomic E-state index is 13.1. The number of nitrogens with one attached hydrogen (secondary N) is 1. The average Bonchev–Trinajstić information content (AvgIpc) is 3.67. The number of carbonyl (C=O) groups is 2. The molecule has 10 heteroatoms.